The summed E-state index contributed by atoms with van der Waals surface area (Å²) in [7, 11) is -1.22. The molecule has 0 unspecified atom stereocenters. The Kier molecular flexibility index (Phi) is 6.11. The maximum Gasteiger partial charge on any atom is 0.264 e. The molecule has 1 aromatic carbocycles. The van der Waals surface area contributed by atoms with Gasteiger partial charge >= 0.3 is 0 Å². The van der Waals surface area contributed by atoms with E-state index >= 15 is 0 Å². The number of benzene rings is 1. The van der Waals surface area contributed by atoms with Crippen LogP contribution in [0, 0.1) is 0 Å². The van der Waals surface area contributed by atoms with Gasteiger partial charge < -0.3 is 9.88 Å². The number of nitrogens with zero attached hydrogens (tertiary/aromatic N) is 2. The molecular weight excluding hydrogens is 414 g/mol. The zero-order chi connectivity index (χ0) is 18.6. The first-order valence-corrected chi connectivity index (χ1v) is 9.26. The number of halogens is 1. The largest absolute Gasteiger partial charge is 0.325 e. The molecular formula is C15H16BrN3O5S. The molecule has 0 aliphatic carbocycles. The number of hydroxylamine groups is 1. The third-order valence-corrected chi connectivity index (χ3v) is 5.46. The van der Waals surface area contributed by atoms with Crippen LogP contribution in [0.25, 0.3) is 0 Å². The van der Waals surface area contributed by atoms with Gasteiger partial charge in [-0.05, 0) is 46.3 Å². The van der Waals surface area contributed by atoms with Crippen LogP contribution in [0.3, 0.4) is 0 Å². The Bertz CT molecular complexity index is 925. The number of pyridine rings is 1. The van der Waals surface area contributed by atoms with E-state index in [0.29, 0.717) is 10.2 Å². The van der Waals surface area contributed by atoms with Crippen LogP contribution in [-0.4, -0.2) is 37.5 Å². The number of rotatable bonds is 6. The van der Waals surface area contributed by atoms with Gasteiger partial charge in [0, 0.05) is 29.5 Å². The number of hydrogen-bond acceptors (Lipinski definition) is 5. The minimum Gasteiger partial charge on any atom is -0.325 e. The zero-order valence-corrected chi connectivity index (χ0v) is 15.9. The van der Waals surface area contributed by atoms with E-state index in [1.165, 1.54) is 55.3 Å². The van der Waals surface area contributed by atoms with Crippen molar-refractivity contribution in [2.24, 2.45) is 0 Å². The van der Waals surface area contributed by atoms with E-state index in [0.717, 1.165) is 4.47 Å². The average molecular weight is 430 g/mol. The fourth-order valence-corrected chi connectivity index (χ4v) is 3.29. The van der Waals surface area contributed by atoms with Gasteiger partial charge in [0.2, 0.25) is 5.91 Å². The number of sulfonamides is 1. The van der Waals surface area contributed by atoms with E-state index in [2.05, 4.69) is 21.2 Å². The van der Waals surface area contributed by atoms with Gasteiger partial charge in [-0.1, -0.05) is 4.47 Å². The topological polar surface area (TPSA) is 97.7 Å². The Hall–Kier alpha value is -2.01. The van der Waals surface area contributed by atoms with Crippen molar-refractivity contribution in [1.29, 1.82) is 0 Å². The minimum atomic E-state index is -3.75. The van der Waals surface area contributed by atoms with Crippen molar-refractivity contribution in [3.05, 3.63) is 57.4 Å². The van der Waals surface area contributed by atoms with Crippen molar-refractivity contribution in [1.82, 2.24) is 9.04 Å². The summed E-state index contributed by atoms with van der Waals surface area (Å²) in [5.74, 6) is -0.412. The first-order chi connectivity index (χ1) is 11.7. The summed E-state index contributed by atoms with van der Waals surface area (Å²) in [6.45, 7) is -0.162. The van der Waals surface area contributed by atoms with Crippen molar-refractivity contribution in [3.8, 4) is 0 Å². The molecule has 8 nitrogen and oxygen atoms in total. The molecule has 2 aromatic rings. The Morgan fingerprint density at radius 2 is 1.88 bits per heavy atom. The highest BCUT2D eigenvalue weighted by atomic mass is 79.9. The average Bonchev–Trinajstić information content (AvgIpc) is 2.57. The van der Waals surface area contributed by atoms with Gasteiger partial charge in [-0.3, -0.25) is 14.4 Å². The van der Waals surface area contributed by atoms with E-state index in [4.69, 9.17) is 4.84 Å². The standard InChI is InChI=1S/C15H16BrN3O5S/c1-18(24-2)25(22,23)13-6-4-12(5-7-13)17-14(20)10-19-9-11(16)3-8-15(19)21/h3-9H,10H2,1-2H3,(H,17,20). The second-order valence-corrected chi connectivity index (χ2v) is 7.83. The normalized spacial score (nSPS) is 11.5. The maximum atomic E-state index is 12.1. The predicted molar refractivity (Wildman–Crippen MR) is 95.4 cm³/mol. The molecule has 1 N–H and O–H groups in total. The van der Waals surface area contributed by atoms with Crippen LogP contribution in [0.5, 0.6) is 0 Å². The van der Waals surface area contributed by atoms with E-state index in [-0.39, 0.29) is 17.0 Å². The quantitative estimate of drug-likeness (QED) is 0.700. The summed E-state index contributed by atoms with van der Waals surface area (Å²) in [5.41, 5.74) is 0.106. The molecule has 0 fully saturated rings. The Balaban J connectivity index is 2.10. The number of hydrogen-bond donors (Lipinski definition) is 1. The number of carbonyl (C=O) groups excluding carboxylic acids is 1. The van der Waals surface area contributed by atoms with E-state index < -0.39 is 15.9 Å². The Morgan fingerprint density at radius 3 is 2.48 bits per heavy atom. The van der Waals surface area contributed by atoms with E-state index in [1.54, 1.807) is 6.07 Å². The first-order valence-electron chi connectivity index (χ1n) is 7.03. The minimum absolute atomic E-state index is 0.0260. The van der Waals surface area contributed by atoms with Crippen LogP contribution in [0.15, 0.2) is 56.8 Å². The van der Waals surface area contributed by atoms with Crippen LogP contribution < -0.4 is 10.9 Å². The van der Waals surface area contributed by atoms with Crippen molar-refractivity contribution in [3.63, 3.8) is 0 Å². The molecule has 0 spiro atoms. The lowest BCUT2D eigenvalue weighted by atomic mass is 10.3. The molecule has 25 heavy (non-hydrogen) atoms. The lowest BCUT2D eigenvalue weighted by molar-refractivity contribution is -0.116. The summed E-state index contributed by atoms with van der Waals surface area (Å²) in [4.78, 5) is 28.5. The monoisotopic (exact) mass is 429 g/mol. The van der Waals surface area contributed by atoms with Crippen LogP contribution in [0.2, 0.25) is 0 Å². The van der Waals surface area contributed by atoms with Gasteiger partial charge in [0.05, 0.1) is 12.0 Å². The van der Waals surface area contributed by atoms with Crippen LogP contribution in [0.4, 0.5) is 5.69 Å². The first kappa shape index (κ1) is 19.3. The second kappa shape index (κ2) is 7.91. The molecule has 0 bridgehead atoms. The number of carbonyl (C=O) groups is 1. The van der Waals surface area contributed by atoms with Gasteiger partial charge in [-0.25, -0.2) is 8.42 Å². The molecule has 0 aliphatic heterocycles. The van der Waals surface area contributed by atoms with Gasteiger partial charge in [0.1, 0.15) is 6.54 Å². The molecule has 0 aliphatic rings. The predicted octanol–water partition coefficient (Wildman–Crippen LogP) is 1.43. The molecule has 1 heterocycles. The molecule has 1 amide bonds. The number of nitrogens with one attached hydrogen (secondary N) is 1. The van der Waals surface area contributed by atoms with Crippen LogP contribution in [-0.2, 0) is 26.2 Å². The van der Waals surface area contributed by atoms with Gasteiger partial charge in [-0.2, -0.15) is 0 Å². The summed E-state index contributed by atoms with van der Waals surface area (Å²) >= 11 is 3.23. The fraction of sp³-hybridized carbons (Fsp3) is 0.200. The highest BCUT2D eigenvalue weighted by Crippen LogP contribution is 2.17. The van der Waals surface area contributed by atoms with E-state index in [1.807, 2.05) is 0 Å². The summed E-state index contributed by atoms with van der Waals surface area (Å²) in [6, 6.07) is 8.56. The summed E-state index contributed by atoms with van der Waals surface area (Å²) < 4.78 is 26.8. The smallest absolute Gasteiger partial charge is 0.264 e. The van der Waals surface area contributed by atoms with Gasteiger partial charge in [0.25, 0.3) is 15.6 Å². The number of anilines is 1. The van der Waals surface area contributed by atoms with Crippen molar-refractivity contribution in [2.45, 2.75) is 11.4 Å². The van der Waals surface area contributed by atoms with Crippen LogP contribution in [0.1, 0.15) is 0 Å². The highest BCUT2D eigenvalue weighted by Gasteiger charge is 2.20. The van der Waals surface area contributed by atoms with Crippen LogP contribution >= 0.6 is 15.9 Å². The molecule has 0 saturated carbocycles. The molecule has 2 rings (SSSR count). The SMILES string of the molecule is CON(C)S(=O)(=O)c1ccc(NC(=O)Cn2cc(Br)ccc2=O)cc1. The number of aromatic nitrogens is 1. The maximum absolute atomic E-state index is 12.1. The molecule has 0 saturated heterocycles. The molecule has 0 radical (unpaired) electrons. The third-order valence-electron chi connectivity index (χ3n) is 3.29. The second-order valence-electron chi connectivity index (χ2n) is 4.98. The lowest BCUT2D eigenvalue weighted by Crippen LogP contribution is -2.27. The Morgan fingerprint density at radius 1 is 1.24 bits per heavy atom. The molecule has 10 heteroatoms. The molecule has 1 aromatic heterocycles. The van der Waals surface area contributed by atoms with Crippen molar-refractivity contribution >= 4 is 37.5 Å². The van der Waals surface area contributed by atoms with Crippen molar-refractivity contribution in [2.75, 3.05) is 19.5 Å². The van der Waals surface area contributed by atoms with Gasteiger partial charge in [-0.15, -0.1) is 0 Å². The molecule has 0 atom stereocenters. The zero-order valence-electron chi connectivity index (χ0n) is 13.5. The summed E-state index contributed by atoms with van der Waals surface area (Å²) in [6.07, 6.45) is 1.51. The summed E-state index contributed by atoms with van der Waals surface area (Å²) in [5, 5.41) is 2.61. The van der Waals surface area contributed by atoms with E-state index in [9.17, 15) is 18.0 Å². The lowest BCUT2D eigenvalue weighted by Gasteiger charge is -2.14. The highest BCUT2D eigenvalue weighted by molar-refractivity contribution is 9.10. The number of amides is 1. The van der Waals surface area contributed by atoms with Gasteiger partial charge in [0.15, 0.2) is 0 Å². The Labute approximate surface area is 153 Å². The fourth-order valence-electron chi connectivity index (χ4n) is 1.94. The van der Waals surface area contributed by atoms with Crippen molar-refractivity contribution < 1.29 is 18.0 Å². The molecule has 134 valence electrons. The third kappa shape index (κ3) is 4.75.